The van der Waals surface area contributed by atoms with Crippen LogP contribution < -0.4 is 5.73 Å². The Balaban J connectivity index is 2.53. The molecule has 15 heavy (non-hydrogen) atoms. The zero-order valence-corrected chi connectivity index (χ0v) is 9.73. The number of rotatable bonds is 6. The predicted molar refractivity (Wildman–Crippen MR) is 58.3 cm³/mol. The molecule has 0 unspecified atom stereocenters. The van der Waals surface area contributed by atoms with Gasteiger partial charge in [0.1, 0.15) is 6.61 Å². The fourth-order valence-electron chi connectivity index (χ4n) is 1.30. The molecular weight excluding hydrogens is 192 g/mol. The maximum Gasteiger partial charge on any atom is 0.152 e. The third kappa shape index (κ3) is 3.97. The SMILES string of the molecule is CC(C)Cc1nc(COCCN)n(C)n1. The molecule has 0 aliphatic heterocycles. The molecule has 0 amide bonds. The Morgan fingerprint density at radius 3 is 2.80 bits per heavy atom. The molecule has 0 aliphatic carbocycles. The van der Waals surface area contributed by atoms with Crippen molar-refractivity contribution in [3.8, 4) is 0 Å². The number of hydrogen-bond acceptors (Lipinski definition) is 4. The summed E-state index contributed by atoms with van der Waals surface area (Å²) in [6.07, 6.45) is 0.907. The fourth-order valence-corrected chi connectivity index (χ4v) is 1.30. The van der Waals surface area contributed by atoms with Crippen LogP contribution in [0.15, 0.2) is 0 Å². The monoisotopic (exact) mass is 212 g/mol. The highest BCUT2D eigenvalue weighted by molar-refractivity contribution is 4.92. The Morgan fingerprint density at radius 1 is 1.47 bits per heavy atom. The van der Waals surface area contributed by atoms with Gasteiger partial charge in [-0.05, 0) is 5.92 Å². The minimum absolute atomic E-state index is 0.485. The van der Waals surface area contributed by atoms with Crippen molar-refractivity contribution in [2.75, 3.05) is 13.2 Å². The summed E-state index contributed by atoms with van der Waals surface area (Å²) < 4.78 is 7.09. The maximum atomic E-state index is 5.33. The summed E-state index contributed by atoms with van der Waals surface area (Å²) in [5.74, 6) is 2.32. The van der Waals surface area contributed by atoms with Gasteiger partial charge in [0, 0.05) is 20.0 Å². The average molecular weight is 212 g/mol. The summed E-state index contributed by atoms with van der Waals surface area (Å²) in [4.78, 5) is 4.41. The van der Waals surface area contributed by atoms with E-state index in [0.29, 0.717) is 25.7 Å². The summed E-state index contributed by atoms with van der Waals surface area (Å²) in [5, 5.41) is 4.32. The van der Waals surface area contributed by atoms with Crippen molar-refractivity contribution in [3.05, 3.63) is 11.6 Å². The molecule has 0 aliphatic rings. The molecule has 1 aromatic heterocycles. The molecule has 0 saturated carbocycles. The van der Waals surface area contributed by atoms with E-state index in [-0.39, 0.29) is 0 Å². The molecule has 1 aromatic rings. The molecule has 1 rings (SSSR count). The molecule has 5 nitrogen and oxygen atoms in total. The van der Waals surface area contributed by atoms with Crippen LogP contribution in [0.3, 0.4) is 0 Å². The van der Waals surface area contributed by atoms with E-state index in [1.165, 1.54) is 0 Å². The van der Waals surface area contributed by atoms with Gasteiger partial charge < -0.3 is 10.5 Å². The Hall–Kier alpha value is -0.940. The van der Waals surface area contributed by atoms with Crippen LogP contribution in [0.1, 0.15) is 25.5 Å². The number of nitrogens with zero attached hydrogens (tertiary/aromatic N) is 3. The van der Waals surface area contributed by atoms with Crippen LogP contribution in [0, 0.1) is 5.92 Å². The fraction of sp³-hybridized carbons (Fsp3) is 0.800. The smallest absolute Gasteiger partial charge is 0.152 e. The Morgan fingerprint density at radius 2 is 2.20 bits per heavy atom. The summed E-state index contributed by atoms with van der Waals surface area (Å²) in [7, 11) is 1.89. The van der Waals surface area contributed by atoms with Crippen molar-refractivity contribution in [1.82, 2.24) is 14.8 Å². The van der Waals surface area contributed by atoms with Crippen molar-refractivity contribution in [3.63, 3.8) is 0 Å². The normalized spacial score (nSPS) is 11.3. The van der Waals surface area contributed by atoms with E-state index < -0.39 is 0 Å². The molecule has 0 saturated heterocycles. The van der Waals surface area contributed by atoms with Gasteiger partial charge in [0.15, 0.2) is 11.6 Å². The Kier molecular flexibility index (Phi) is 4.71. The first-order valence-electron chi connectivity index (χ1n) is 5.30. The standard InChI is InChI=1S/C10H20N4O/c1-8(2)6-9-12-10(14(3)13-9)7-15-5-4-11/h8H,4-7,11H2,1-3H3. The first-order valence-corrected chi connectivity index (χ1v) is 5.30. The quantitative estimate of drug-likeness (QED) is 0.697. The van der Waals surface area contributed by atoms with E-state index >= 15 is 0 Å². The van der Waals surface area contributed by atoms with Gasteiger partial charge in [0.25, 0.3) is 0 Å². The van der Waals surface area contributed by atoms with Crippen molar-refractivity contribution < 1.29 is 4.74 Å². The van der Waals surface area contributed by atoms with Crippen LogP contribution in [-0.2, 0) is 24.8 Å². The molecule has 5 heteroatoms. The lowest BCUT2D eigenvalue weighted by molar-refractivity contribution is 0.120. The molecule has 0 spiro atoms. The number of ether oxygens (including phenoxy) is 1. The molecule has 0 atom stereocenters. The predicted octanol–water partition coefficient (Wildman–Crippen LogP) is 0.489. The zero-order chi connectivity index (χ0) is 11.3. The van der Waals surface area contributed by atoms with Gasteiger partial charge in [-0.15, -0.1) is 0 Å². The van der Waals surface area contributed by atoms with E-state index in [1.807, 2.05) is 7.05 Å². The molecule has 86 valence electrons. The maximum absolute atomic E-state index is 5.33. The van der Waals surface area contributed by atoms with Gasteiger partial charge in [-0.25, -0.2) is 4.98 Å². The van der Waals surface area contributed by atoms with E-state index in [1.54, 1.807) is 4.68 Å². The van der Waals surface area contributed by atoms with Gasteiger partial charge in [0.2, 0.25) is 0 Å². The molecule has 0 bridgehead atoms. The lowest BCUT2D eigenvalue weighted by Gasteiger charge is -2.00. The molecule has 0 aromatic carbocycles. The van der Waals surface area contributed by atoms with Gasteiger partial charge in [-0.3, -0.25) is 4.68 Å². The van der Waals surface area contributed by atoms with Crippen LogP contribution in [-0.4, -0.2) is 27.9 Å². The van der Waals surface area contributed by atoms with Crippen LogP contribution in [0.5, 0.6) is 0 Å². The van der Waals surface area contributed by atoms with Crippen molar-refractivity contribution in [1.29, 1.82) is 0 Å². The van der Waals surface area contributed by atoms with Crippen molar-refractivity contribution in [2.24, 2.45) is 18.7 Å². The number of aryl methyl sites for hydroxylation is 1. The molecule has 0 fully saturated rings. The third-order valence-corrected chi connectivity index (χ3v) is 1.98. The molecule has 1 heterocycles. The minimum atomic E-state index is 0.485. The minimum Gasteiger partial charge on any atom is -0.372 e. The number of aromatic nitrogens is 3. The highest BCUT2D eigenvalue weighted by Crippen LogP contribution is 2.05. The third-order valence-electron chi connectivity index (χ3n) is 1.98. The largest absolute Gasteiger partial charge is 0.372 e. The van der Waals surface area contributed by atoms with E-state index in [9.17, 15) is 0 Å². The Labute approximate surface area is 90.6 Å². The Bertz CT molecular complexity index is 296. The van der Waals surface area contributed by atoms with Gasteiger partial charge in [-0.1, -0.05) is 13.8 Å². The summed E-state index contributed by atoms with van der Waals surface area (Å²) in [6.45, 7) is 5.89. The summed E-state index contributed by atoms with van der Waals surface area (Å²) in [5.41, 5.74) is 5.33. The second-order valence-electron chi connectivity index (χ2n) is 4.01. The molecular formula is C10H20N4O. The molecule has 2 N–H and O–H groups in total. The van der Waals surface area contributed by atoms with Crippen LogP contribution in [0.2, 0.25) is 0 Å². The highest BCUT2D eigenvalue weighted by atomic mass is 16.5. The summed E-state index contributed by atoms with van der Waals surface area (Å²) >= 11 is 0. The van der Waals surface area contributed by atoms with Gasteiger partial charge in [-0.2, -0.15) is 5.10 Å². The van der Waals surface area contributed by atoms with Crippen molar-refractivity contribution >= 4 is 0 Å². The number of hydrogen-bond donors (Lipinski definition) is 1. The summed E-state index contributed by atoms with van der Waals surface area (Å²) in [6, 6.07) is 0. The van der Waals surface area contributed by atoms with Crippen LogP contribution in [0.25, 0.3) is 0 Å². The lowest BCUT2D eigenvalue weighted by Crippen LogP contribution is -2.10. The van der Waals surface area contributed by atoms with E-state index in [0.717, 1.165) is 18.1 Å². The second-order valence-corrected chi connectivity index (χ2v) is 4.01. The molecule has 0 radical (unpaired) electrons. The first-order chi connectivity index (χ1) is 7.13. The van der Waals surface area contributed by atoms with E-state index in [2.05, 4.69) is 23.9 Å². The van der Waals surface area contributed by atoms with Crippen LogP contribution in [0.4, 0.5) is 0 Å². The lowest BCUT2D eigenvalue weighted by atomic mass is 10.1. The zero-order valence-electron chi connectivity index (χ0n) is 9.73. The second kappa shape index (κ2) is 5.82. The van der Waals surface area contributed by atoms with Gasteiger partial charge in [0.05, 0.1) is 6.61 Å². The number of nitrogens with two attached hydrogens (primary N) is 1. The first kappa shape index (κ1) is 12.1. The van der Waals surface area contributed by atoms with Crippen LogP contribution >= 0.6 is 0 Å². The average Bonchev–Trinajstić information content (AvgIpc) is 2.46. The van der Waals surface area contributed by atoms with E-state index in [4.69, 9.17) is 10.5 Å². The van der Waals surface area contributed by atoms with Gasteiger partial charge >= 0.3 is 0 Å². The topological polar surface area (TPSA) is 66.0 Å². The highest BCUT2D eigenvalue weighted by Gasteiger charge is 2.08. The van der Waals surface area contributed by atoms with Crippen molar-refractivity contribution in [2.45, 2.75) is 26.9 Å².